The van der Waals surface area contributed by atoms with Crippen LogP contribution in [0, 0.1) is 12.3 Å². The maximum absolute atomic E-state index is 9.10. The zero-order chi connectivity index (χ0) is 11.5. The molecule has 1 aromatic rings. The molecular weight excluding hydrogens is 192 g/mol. The summed E-state index contributed by atoms with van der Waals surface area (Å²) in [6.45, 7) is 6.57. The van der Waals surface area contributed by atoms with Crippen LogP contribution in [0.5, 0.6) is 0 Å². The highest BCUT2D eigenvalue weighted by Crippen LogP contribution is 2.18. The highest BCUT2D eigenvalue weighted by Gasteiger charge is 2.16. The summed E-state index contributed by atoms with van der Waals surface area (Å²) in [5, 5.41) is 12.3. The van der Waals surface area contributed by atoms with Crippen LogP contribution in [0.15, 0.2) is 6.33 Å². The van der Waals surface area contributed by atoms with Crippen molar-refractivity contribution in [1.82, 2.24) is 9.97 Å². The SMILES string of the molecule is Cc1c(N)ncnc1NCC(C)(C)CO. The number of aromatic nitrogens is 2. The fourth-order valence-electron chi connectivity index (χ4n) is 1.02. The van der Waals surface area contributed by atoms with Crippen LogP contribution < -0.4 is 11.1 Å². The van der Waals surface area contributed by atoms with Crippen molar-refractivity contribution in [2.24, 2.45) is 5.41 Å². The highest BCUT2D eigenvalue weighted by atomic mass is 16.3. The number of rotatable bonds is 4. The minimum atomic E-state index is -0.174. The van der Waals surface area contributed by atoms with Gasteiger partial charge in [0.25, 0.3) is 0 Å². The van der Waals surface area contributed by atoms with Crippen molar-refractivity contribution in [2.45, 2.75) is 20.8 Å². The van der Waals surface area contributed by atoms with Gasteiger partial charge in [-0.15, -0.1) is 0 Å². The van der Waals surface area contributed by atoms with Gasteiger partial charge in [-0.05, 0) is 6.92 Å². The van der Waals surface area contributed by atoms with E-state index in [0.29, 0.717) is 12.4 Å². The summed E-state index contributed by atoms with van der Waals surface area (Å²) >= 11 is 0. The first kappa shape index (κ1) is 11.7. The summed E-state index contributed by atoms with van der Waals surface area (Å²) in [6, 6.07) is 0. The molecular formula is C10H18N4O. The number of nitrogens with zero attached hydrogens (tertiary/aromatic N) is 2. The Morgan fingerprint density at radius 3 is 2.73 bits per heavy atom. The van der Waals surface area contributed by atoms with E-state index in [-0.39, 0.29) is 12.0 Å². The lowest BCUT2D eigenvalue weighted by molar-refractivity contribution is 0.170. The van der Waals surface area contributed by atoms with Crippen LogP contribution in [-0.4, -0.2) is 28.2 Å². The molecule has 0 aliphatic rings. The number of aliphatic hydroxyl groups excluding tert-OH is 1. The number of anilines is 2. The van der Waals surface area contributed by atoms with E-state index in [1.54, 1.807) is 0 Å². The Kier molecular flexibility index (Phi) is 3.47. The number of nitrogens with two attached hydrogens (primary N) is 1. The molecule has 1 heterocycles. The molecule has 0 bridgehead atoms. The van der Waals surface area contributed by atoms with Crippen molar-refractivity contribution >= 4 is 11.6 Å². The standard InChI is InChI=1S/C10H18N4O/c1-7-8(11)13-6-14-9(7)12-4-10(2,3)5-15/h6,15H,4-5H2,1-3H3,(H3,11,12,13,14). The first-order valence-corrected chi connectivity index (χ1v) is 4.88. The van der Waals surface area contributed by atoms with E-state index in [1.807, 2.05) is 20.8 Å². The van der Waals surface area contributed by atoms with Crippen molar-refractivity contribution in [3.8, 4) is 0 Å². The molecule has 0 saturated heterocycles. The van der Waals surface area contributed by atoms with E-state index < -0.39 is 0 Å². The van der Waals surface area contributed by atoms with Crippen molar-refractivity contribution in [3.05, 3.63) is 11.9 Å². The third-order valence-electron chi connectivity index (χ3n) is 2.29. The van der Waals surface area contributed by atoms with Crippen LogP contribution in [0.25, 0.3) is 0 Å². The molecule has 1 aromatic heterocycles. The van der Waals surface area contributed by atoms with Gasteiger partial charge in [0.15, 0.2) is 0 Å². The summed E-state index contributed by atoms with van der Waals surface area (Å²) in [7, 11) is 0. The topological polar surface area (TPSA) is 84.1 Å². The second kappa shape index (κ2) is 4.44. The van der Waals surface area contributed by atoms with E-state index >= 15 is 0 Å². The van der Waals surface area contributed by atoms with Crippen LogP contribution in [0.1, 0.15) is 19.4 Å². The Balaban J connectivity index is 2.70. The number of hydrogen-bond donors (Lipinski definition) is 3. The second-order valence-electron chi connectivity index (χ2n) is 4.41. The molecule has 0 fully saturated rings. The Morgan fingerprint density at radius 1 is 1.47 bits per heavy atom. The molecule has 0 amide bonds. The minimum absolute atomic E-state index is 0.125. The monoisotopic (exact) mass is 210 g/mol. The van der Waals surface area contributed by atoms with E-state index in [1.165, 1.54) is 6.33 Å². The van der Waals surface area contributed by atoms with Gasteiger partial charge < -0.3 is 16.2 Å². The number of nitrogens with one attached hydrogen (secondary N) is 1. The molecule has 5 heteroatoms. The molecule has 0 aromatic carbocycles. The van der Waals surface area contributed by atoms with Gasteiger partial charge in [0.1, 0.15) is 18.0 Å². The Bertz CT molecular complexity index is 338. The summed E-state index contributed by atoms with van der Waals surface area (Å²) in [5.74, 6) is 1.21. The smallest absolute Gasteiger partial charge is 0.134 e. The van der Waals surface area contributed by atoms with Crippen LogP contribution in [-0.2, 0) is 0 Å². The molecule has 0 aliphatic heterocycles. The minimum Gasteiger partial charge on any atom is -0.396 e. The predicted octanol–water partition coefficient (Wildman–Crippen LogP) is 0.798. The van der Waals surface area contributed by atoms with E-state index in [0.717, 1.165) is 11.4 Å². The van der Waals surface area contributed by atoms with Gasteiger partial charge in [0.2, 0.25) is 0 Å². The average Bonchev–Trinajstić information content (AvgIpc) is 2.20. The molecule has 84 valence electrons. The fraction of sp³-hybridized carbons (Fsp3) is 0.600. The molecule has 0 radical (unpaired) electrons. The molecule has 4 N–H and O–H groups in total. The Morgan fingerprint density at radius 2 is 2.13 bits per heavy atom. The third-order valence-corrected chi connectivity index (χ3v) is 2.29. The van der Waals surface area contributed by atoms with Crippen molar-refractivity contribution < 1.29 is 5.11 Å². The molecule has 0 unspecified atom stereocenters. The van der Waals surface area contributed by atoms with Gasteiger partial charge in [0, 0.05) is 24.1 Å². The van der Waals surface area contributed by atoms with Gasteiger partial charge in [-0.3, -0.25) is 0 Å². The van der Waals surface area contributed by atoms with Gasteiger partial charge in [0.05, 0.1) is 0 Å². The highest BCUT2D eigenvalue weighted by molar-refractivity contribution is 5.53. The Hall–Kier alpha value is -1.36. The van der Waals surface area contributed by atoms with Crippen molar-refractivity contribution in [3.63, 3.8) is 0 Å². The molecule has 1 rings (SSSR count). The maximum atomic E-state index is 9.10. The summed E-state index contributed by atoms with van der Waals surface area (Å²) in [5.41, 5.74) is 6.32. The normalized spacial score (nSPS) is 11.5. The zero-order valence-electron chi connectivity index (χ0n) is 9.41. The molecule has 5 nitrogen and oxygen atoms in total. The van der Waals surface area contributed by atoms with Gasteiger partial charge in [-0.25, -0.2) is 9.97 Å². The largest absolute Gasteiger partial charge is 0.396 e. The molecule has 15 heavy (non-hydrogen) atoms. The van der Waals surface area contributed by atoms with Gasteiger partial charge >= 0.3 is 0 Å². The van der Waals surface area contributed by atoms with E-state index in [2.05, 4.69) is 15.3 Å². The van der Waals surface area contributed by atoms with Crippen molar-refractivity contribution in [2.75, 3.05) is 24.2 Å². The third kappa shape index (κ3) is 3.06. The number of nitrogen functional groups attached to an aromatic ring is 1. The summed E-state index contributed by atoms with van der Waals surface area (Å²) in [6.07, 6.45) is 1.43. The van der Waals surface area contributed by atoms with Crippen LogP contribution >= 0.6 is 0 Å². The van der Waals surface area contributed by atoms with Gasteiger partial charge in [-0.1, -0.05) is 13.8 Å². The van der Waals surface area contributed by atoms with Gasteiger partial charge in [-0.2, -0.15) is 0 Å². The molecule has 0 spiro atoms. The predicted molar refractivity (Wildman–Crippen MR) is 60.5 cm³/mol. The maximum Gasteiger partial charge on any atom is 0.134 e. The first-order chi connectivity index (χ1) is 6.96. The van der Waals surface area contributed by atoms with Crippen LogP contribution in [0.2, 0.25) is 0 Å². The van der Waals surface area contributed by atoms with Crippen LogP contribution in [0.4, 0.5) is 11.6 Å². The summed E-state index contributed by atoms with van der Waals surface area (Å²) in [4.78, 5) is 7.97. The summed E-state index contributed by atoms with van der Waals surface area (Å²) < 4.78 is 0. The van der Waals surface area contributed by atoms with E-state index in [4.69, 9.17) is 10.8 Å². The number of aliphatic hydroxyl groups is 1. The quantitative estimate of drug-likeness (QED) is 0.684. The Labute approximate surface area is 89.7 Å². The fourth-order valence-corrected chi connectivity index (χ4v) is 1.02. The second-order valence-corrected chi connectivity index (χ2v) is 4.41. The average molecular weight is 210 g/mol. The molecule has 0 atom stereocenters. The van der Waals surface area contributed by atoms with E-state index in [9.17, 15) is 0 Å². The van der Waals surface area contributed by atoms with Crippen molar-refractivity contribution in [1.29, 1.82) is 0 Å². The first-order valence-electron chi connectivity index (χ1n) is 4.88. The number of hydrogen-bond acceptors (Lipinski definition) is 5. The van der Waals surface area contributed by atoms with Crippen LogP contribution in [0.3, 0.4) is 0 Å². The molecule has 0 saturated carbocycles. The molecule has 0 aliphatic carbocycles. The lowest BCUT2D eigenvalue weighted by Crippen LogP contribution is -2.27. The lowest BCUT2D eigenvalue weighted by atomic mass is 9.95. The zero-order valence-corrected chi connectivity index (χ0v) is 9.41. The lowest BCUT2D eigenvalue weighted by Gasteiger charge is -2.22.